The molecule has 7 nitrogen and oxygen atoms in total. The van der Waals surface area contributed by atoms with Crippen LogP contribution in [0.1, 0.15) is 30.6 Å². The van der Waals surface area contributed by atoms with Crippen LogP contribution in [0.25, 0.3) is 10.2 Å². The van der Waals surface area contributed by atoms with Crippen molar-refractivity contribution in [3.63, 3.8) is 0 Å². The zero-order valence-corrected chi connectivity index (χ0v) is 20.9. The van der Waals surface area contributed by atoms with E-state index in [1.807, 2.05) is 24.6 Å². The molecule has 0 aliphatic heterocycles. The van der Waals surface area contributed by atoms with Gasteiger partial charge in [-0.1, -0.05) is 11.3 Å². The summed E-state index contributed by atoms with van der Waals surface area (Å²) in [6.07, 6.45) is 5.82. The van der Waals surface area contributed by atoms with Crippen molar-refractivity contribution < 1.29 is 23.0 Å². The van der Waals surface area contributed by atoms with Crippen molar-refractivity contribution in [1.29, 1.82) is 0 Å². The standard InChI is InChI=1S/C24H24F2N4O3S.ClH/c1-3-32-19-7-6-16(12-20(19)33-4-2)23(31)30(10-5-9-29-11-8-27-15-29)24-28-22-18(26)13-17(25)14-21(22)34-24;/h6-8,11-15H,3-5,9-10H2,1-2H3;1H. The summed E-state index contributed by atoms with van der Waals surface area (Å²) in [5, 5.41) is 0.293. The smallest absolute Gasteiger partial charge is 0.260 e. The number of nitrogens with zero attached hydrogens (tertiary/aromatic N) is 4. The number of benzene rings is 2. The lowest BCUT2D eigenvalue weighted by atomic mass is 10.1. The van der Waals surface area contributed by atoms with Gasteiger partial charge in [-0.2, -0.15) is 0 Å². The number of rotatable bonds is 10. The summed E-state index contributed by atoms with van der Waals surface area (Å²) in [4.78, 5) is 23.4. The third-order valence-corrected chi connectivity index (χ3v) is 6.05. The van der Waals surface area contributed by atoms with Gasteiger partial charge in [0.2, 0.25) is 0 Å². The fourth-order valence-electron chi connectivity index (χ4n) is 3.52. The molecule has 0 aliphatic carbocycles. The molecule has 0 saturated carbocycles. The number of halogens is 3. The summed E-state index contributed by atoms with van der Waals surface area (Å²) in [5.74, 6) is -0.764. The Morgan fingerprint density at radius 3 is 2.60 bits per heavy atom. The van der Waals surface area contributed by atoms with Gasteiger partial charge < -0.3 is 14.0 Å². The lowest BCUT2D eigenvalue weighted by Crippen LogP contribution is -2.32. The first-order valence-corrected chi connectivity index (χ1v) is 11.7. The predicted octanol–water partition coefficient (Wildman–Crippen LogP) is 5.73. The molecule has 0 aliphatic rings. The Morgan fingerprint density at radius 1 is 1.11 bits per heavy atom. The molecule has 35 heavy (non-hydrogen) atoms. The van der Waals surface area contributed by atoms with Crippen molar-refractivity contribution in [3.05, 3.63) is 66.3 Å². The highest BCUT2D eigenvalue weighted by Gasteiger charge is 2.23. The molecule has 0 fully saturated rings. The first-order valence-electron chi connectivity index (χ1n) is 10.9. The summed E-state index contributed by atoms with van der Waals surface area (Å²) in [7, 11) is 0. The molecule has 1 amide bonds. The fourth-order valence-corrected chi connectivity index (χ4v) is 4.54. The van der Waals surface area contributed by atoms with Gasteiger partial charge in [-0.25, -0.2) is 18.7 Å². The Morgan fingerprint density at radius 2 is 1.89 bits per heavy atom. The van der Waals surface area contributed by atoms with Crippen LogP contribution < -0.4 is 14.4 Å². The maximum absolute atomic E-state index is 14.3. The average Bonchev–Trinajstić information content (AvgIpc) is 3.48. The van der Waals surface area contributed by atoms with E-state index in [9.17, 15) is 13.6 Å². The molecule has 0 saturated heterocycles. The van der Waals surface area contributed by atoms with E-state index in [4.69, 9.17) is 9.47 Å². The van der Waals surface area contributed by atoms with Gasteiger partial charge in [0.1, 0.15) is 11.3 Å². The highest BCUT2D eigenvalue weighted by atomic mass is 35.5. The molecular formula is C24H25ClF2N4O3S. The zero-order chi connectivity index (χ0) is 24.1. The Balaban J connectivity index is 0.00000342. The third-order valence-electron chi connectivity index (χ3n) is 5.03. The second-order valence-corrected chi connectivity index (χ2v) is 8.38. The van der Waals surface area contributed by atoms with Gasteiger partial charge in [-0.3, -0.25) is 9.69 Å². The van der Waals surface area contributed by atoms with Crippen molar-refractivity contribution in [3.8, 4) is 11.5 Å². The number of aryl methyl sites for hydroxylation is 1. The van der Waals surface area contributed by atoms with Crippen molar-refractivity contribution in [2.24, 2.45) is 0 Å². The molecule has 11 heteroatoms. The van der Waals surface area contributed by atoms with Crippen LogP contribution in [-0.4, -0.2) is 40.2 Å². The molecule has 4 aromatic rings. The van der Waals surface area contributed by atoms with Crippen LogP contribution in [0, 0.1) is 11.6 Å². The Hall–Kier alpha value is -3.24. The second kappa shape index (κ2) is 11.9. The number of thiazole rings is 1. The molecule has 0 spiro atoms. The van der Waals surface area contributed by atoms with E-state index in [-0.39, 0.29) is 23.8 Å². The summed E-state index contributed by atoms with van der Waals surface area (Å²) in [6.45, 7) is 5.53. The van der Waals surface area contributed by atoms with Gasteiger partial charge in [-0.15, -0.1) is 12.4 Å². The van der Waals surface area contributed by atoms with E-state index in [1.54, 1.807) is 30.7 Å². The monoisotopic (exact) mass is 522 g/mol. The van der Waals surface area contributed by atoms with Crippen LogP contribution in [0.3, 0.4) is 0 Å². The molecule has 0 radical (unpaired) electrons. The average molecular weight is 523 g/mol. The van der Waals surface area contributed by atoms with E-state index in [1.165, 1.54) is 11.0 Å². The maximum atomic E-state index is 14.3. The van der Waals surface area contributed by atoms with E-state index in [2.05, 4.69) is 9.97 Å². The molecular weight excluding hydrogens is 498 g/mol. The van der Waals surface area contributed by atoms with Crippen LogP contribution in [0.5, 0.6) is 11.5 Å². The predicted molar refractivity (Wildman–Crippen MR) is 134 cm³/mol. The van der Waals surface area contributed by atoms with Crippen LogP contribution in [-0.2, 0) is 6.54 Å². The molecule has 0 atom stereocenters. The molecule has 2 aromatic heterocycles. The van der Waals surface area contributed by atoms with Crippen LogP contribution in [0.15, 0.2) is 49.1 Å². The topological polar surface area (TPSA) is 69.5 Å². The van der Waals surface area contributed by atoms with E-state index in [0.29, 0.717) is 59.6 Å². The number of carbonyl (C=O) groups is 1. The van der Waals surface area contributed by atoms with Gasteiger partial charge in [0, 0.05) is 37.1 Å². The van der Waals surface area contributed by atoms with Gasteiger partial charge in [0.15, 0.2) is 22.4 Å². The van der Waals surface area contributed by atoms with Crippen LogP contribution in [0.2, 0.25) is 0 Å². The number of ether oxygens (including phenoxy) is 2. The molecule has 4 rings (SSSR count). The van der Waals surface area contributed by atoms with E-state index in [0.717, 1.165) is 17.4 Å². The molecule has 0 N–H and O–H groups in total. The number of aromatic nitrogens is 3. The molecule has 0 bridgehead atoms. The number of amides is 1. The van der Waals surface area contributed by atoms with Crippen molar-refractivity contribution in [2.75, 3.05) is 24.7 Å². The van der Waals surface area contributed by atoms with Crippen LogP contribution in [0.4, 0.5) is 13.9 Å². The molecule has 0 unspecified atom stereocenters. The van der Waals surface area contributed by atoms with Gasteiger partial charge in [0.05, 0.1) is 24.2 Å². The number of anilines is 1. The summed E-state index contributed by atoms with van der Waals surface area (Å²) < 4.78 is 41.5. The maximum Gasteiger partial charge on any atom is 0.260 e. The summed E-state index contributed by atoms with van der Waals surface area (Å²) in [5.41, 5.74) is 0.413. The minimum absolute atomic E-state index is 0. The SMILES string of the molecule is CCOc1ccc(C(=O)N(CCCn2ccnc2)c2nc3c(F)cc(F)cc3s2)cc1OCC.Cl. The zero-order valence-electron chi connectivity index (χ0n) is 19.2. The number of imidazole rings is 1. The highest BCUT2D eigenvalue weighted by Crippen LogP contribution is 2.34. The van der Waals surface area contributed by atoms with Crippen LogP contribution >= 0.6 is 23.7 Å². The normalized spacial score (nSPS) is 10.7. The lowest BCUT2D eigenvalue weighted by molar-refractivity contribution is 0.0985. The lowest BCUT2D eigenvalue weighted by Gasteiger charge is -2.21. The Bertz CT molecular complexity index is 1280. The Labute approximate surface area is 211 Å². The third kappa shape index (κ3) is 6.07. The highest BCUT2D eigenvalue weighted by molar-refractivity contribution is 7.22. The molecule has 2 aromatic carbocycles. The fraction of sp³-hybridized carbons (Fsp3) is 0.292. The number of carbonyl (C=O) groups excluding carboxylic acids is 1. The second-order valence-electron chi connectivity index (χ2n) is 7.37. The number of fused-ring (bicyclic) bond motifs is 1. The quantitative estimate of drug-likeness (QED) is 0.266. The van der Waals surface area contributed by atoms with E-state index >= 15 is 0 Å². The summed E-state index contributed by atoms with van der Waals surface area (Å²) >= 11 is 1.07. The minimum atomic E-state index is -0.761. The van der Waals surface area contributed by atoms with Gasteiger partial charge in [-0.05, 0) is 44.5 Å². The number of hydrogen-bond acceptors (Lipinski definition) is 6. The number of hydrogen-bond donors (Lipinski definition) is 0. The van der Waals surface area contributed by atoms with Gasteiger partial charge in [0.25, 0.3) is 5.91 Å². The summed E-state index contributed by atoms with van der Waals surface area (Å²) in [6, 6.07) is 6.99. The van der Waals surface area contributed by atoms with E-state index < -0.39 is 11.6 Å². The van der Waals surface area contributed by atoms with Crippen molar-refractivity contribution >= 4 is 45.0 Å². The van der Waals surface area contributed by atoms with Crippen molar-refractivity contribution in [2.45, 2.75) is 26.8 Å². The minimum Gasteiger partial charge on any atom is -0.490 e. The molecule has 2 heterocycles. The first-order chi connectivity index (χ1) is 16.5. The first kappa shape index (κ1) is 26.4. The Kier molecular flexibility index (Phi) is 9.00. The largest absolute Gasteiger partial charge is 0.490 e. The van der Waals surface area contributed by atoms with Gasteiger partial charge >= 0.3 is 0 Å². The van der Waals surface area contributed by atoms with Crippen molar-refractivity contribution in [1.82, 2.24) is 14.5 Å². The molecule has 186 valence electrons.